The van der Waals surface area contributed by atoms with Gasteiger partial charge in [0.25, 0.3) is 0 Å². The Hall–Kier alpha value is -1.09. The third-order valence-corrected chi connectivity index (χ3v) is 5.08. The molecule has 1 aromatic rings. The molecule has 0 bridgehead atoms. The first-order chi connectivity index (χ1) is 9.93. The van der Waals surface area contributed by atoms with Gasteiger partial charge in [-0.25, -0.2) is 4.39 Å². The van der Waals surface area contributed by atoms with Gasteiger partial charge in [0.1, 0.15) is 5.82 Å². The van der Waals surface area contributed by atoms with Crippen LogP contribution in [-0.2, 0) is 0 Å². The summed E-state index contributed by atoms with van der Waals surface area (Å²) in [7, 11) is 2.08. The van der Waals surface area contributed by atoms with Gasteiger partial charge in [-0.1, -0.05) is 13.3 Å². The minimum absolute atomic E-state index is 0.238. The summed E-state index contributed by atoms with van der Waals surface area (Å²) in [6.07, 6.45) is 5.54. The minimum Gasteiger partial charge on any atom is -0.389 e. The van der Waals surface area contributed by atoms with Crippen LogP contribution >= 0.6 is 0 Å². The molecule has 21 heavy (non-hydrogen) atoms. The van der Waals surface area contributed by atoms with Crippen LogP contribution < -0.4 is 4.90 Å². The molecule has 1 atom stereocenters. The van der Waals surface area contributed by atoms with Gasteiger partial charge in [-0.3, -0.25) is 0 Å². The summed E-state index contributed by atoms with van der Waals surface area (Å²) in [5.74, 6) is 0.624. The third kappa shape index (κ3) is 3.57. The maximum atomic E-state index is 13.8. The van der Waals surface area contributed by atoms with Crippen molar-refractivity contribution >= 4 is 5.69 Å². The van der Waals surface area contributed by atoms with E-state index in [0.29, 0.717) is 17.2 Å². The molecule has 0 spiro atoms. The van der Waals surface area contributed by atoms with Crippen LogP contribution in [0.2, 0.25) is 0 Å². The second-order valence-corrected chi connectivity index (χ2v) is 6.53. The van der Waals surface area contributed by atoms with Gasteiger partial charge < -0.3 is 10.0 Å². The first kappa shape index (κ1) is 16.3. The average Bonchev–Trinajstić information content (AvgIpc) is 2.48. The first-order valence-corrected chi connectivity index (χ1v) is 8.15. The van der Waals surface area contributed by atoms with Crippen molar-refractivity contribution in [1.82, 2.24) is 0 Å². The van der Waals surface area contributed by atoms with Gasteiger partial charge in [0.05, 0.1) is 6.10 Å². The highest BCUT2D eigenvalue weighted by Gasteiger charge is 2.25. The zero-order chi connectivity index (χ0) is 15.6. The van der Waals surface area contributed by atoms with Crippen molar-refractivity contribution in [3.05, 3.63) is 29.1 Å². The summed E-state index contributed by atoms with van der Waals surface area (Å²) in [4.78, 5) is 2.25. The van der Waals surface area contributed by atoms with E-state index in [1.807, 2.05) is 6.07 Å². The number of rotatable bonds is 4. The molecule has 0 saturated heterocycles. The molecule has 0 radical (unpaired) electrons. The van der Waals surface area contributed by atoms with Gasteiger partial charge in [-0.05, 0) is 63.1 Å². The van der Waals surface area contributed by atoms with Crippen molar-refractivity contribution in [3.63, 3.8) is 0 Å². The standard InChI is InChI=1S/C18H28FNO/c1-5-14-6-8-15(9-7-14)20(4)18-10-12(2)17(19)11-16(18)13(3)21/h10-11,13-15,21H,5-9H2,1-4H3. The molecule has 0 aromatic heterocycles. The van der Waals surface area contributed by atoms with E-state index in [4.69, 9.17) is 0 Å². The number of halogens is 1. The number of aliphatic hydroxyl groups excluding tert-OH is 1. The van der Waals surface area contributed by atoms with E-state index in [1.165, 1.54) is 38.2 Å². The van der Waals surface area contributed by atoms with E-state index in [0.717, 1.165) is 11.6 Å². The Morgan fingerprint density at radius 1 is 1.29 bits per heavy atom. The Labute approximate surface area is 128 Å². The van der Waals surface area contributed by atoms with E-state index in [9.17, 15) is 9.50 Å². The Morgan fingerprint density at radius 2 is 1.90 bits per heavy atom. The van der Waals surface area contributed by atoms with Crippen molar-refractivity contribution < 1.29 is 9.50 Å². The molecule has 1 aliphatic rings. The van der Waals surface area contributed by atoms with Gasteiger partial charge in [-0.2, -0.15) is 0 Å². The molecule has 1 saturated carbocycles. The van der Waals surface area contributed by atoms with Gasteiger partial charge in [0.15, 0.2) is 0 Å². The largest absolute Gasteiger partial charge is 0.389 e. The van der Waals surface area contributed by atoms with Gasteiger partial charge >= 0.3 is 0 Å². The van der Waals surface area contributed by atoms with Crippen LogP contribution in [0.1, 0.15) is 63.2 Å². The normalized spacial score (nSPS) is 23.9. The minimum atomic E-state index is -0.649. The first-order valence-electron chi connectivity index (χ1n) is 8.15. The Kier molecular flexibility index (Phi) is 5.26. The van der Waals surface area contributed by atoms with Gasteiger partial charge in [0, 0.05) is 24.3 Å². The number of anilines is 1. The average molecular weight is 293 g/mol. The lowest BCUT2D eigenvalue weighted by Crippen LogP contribution is -2.36. The summed E-state index contributed by atoms with van der Waals surface area (Å²) in [5.41, 5.74) is 2.31. The lowest BCUT2D eigenvalue weighted by molar-refractivity contribution is 0.198. The Balaban J connectivity index is 2.22. The lowest BCUT2D eigenvalue weighted by Gasteiger charge is -2.37. The highest BCUT2D eigenvalue weighted by atomic mass is 19.1. The second-order valence-electron chi connectivity index (χ2n) is 6.53. The molecule has 2 rings (SSSR count). The predicted molar refractivity (Wildman–Crippen MR) is 86.2 cm³/mol. The number of hydrogen-bond acceptors (Lipinski definition) is 2. The van der Waals surface area contributed by atoms with Crippen molar-refractivity contribution in [1.29, 1.82) is 0 Å². The number of aliphatic hydroxyl groups is 1. The molecule has 1 fully saturated rings. The number of benzene rings is 1. The Bertz CT molecular complexity index is 478. The number of nitrogens with zero attached hydrogens (tertiary/aromatic N) is 1. The summed E-state index contributed by atoms with van der Waals surface area (Å²) in [6, 6.07) is 3.86. The topological polar surface area (TPSA) is 23.5 Å². The zero-order valence-electron chi connectivity index (χ0n) is 13.7. The van der Waals surface area contributed by atoms with Crippen LogP contribution in [0.3, 0.4) is 0 Å². The fourth-order valence-electron chi connectivity index (χ4n) is 3.46. The molecule has 1 aliphatic carbocycles. The van der Waals surface area contributed by atoms with E-state index >= 15 is 0 Å². The molecule has 0 heterocycles. The quantitative estimate of drug-likeness (QED) is 0.877. The summed E-state index contributed by atoms with van der Waals surface area (Å²) >= 11 is 0. The molecule has 1 N–H and O–H groups in total. The molecule has 118 valence electrons. The maximum Gasteiger partial charge on any atom is 0.126 e. The molecular weight excluding hydrogens is 265 g/mol. The molecule has 3 heteroatoms. The van der Waals surface area contributed by atoms with Gasteiger partial charge in [-0.15, -0.1) is 0 Å². The third-order valence-electron chi connectivity index (χ3n) is 5.08. The highest BCUT2D eigenvalue weighted by molar-refractivity contribution is 5.57. The van der Waals surface area contributed by atoms with Crippen molar-refractivity contribution in [3.8, 4) is 0 Å². The molecular formula is C18H28FNO. The fourth-order valence-corrected chi connectivity index (χ4v) is 3.46. The van der Waals surface area contributed by atoms with E-state index < -0.39 is 6.10 Å². The van der Waals surface area contributed by atoms with Crippen molar-refractivity contribution in [2.45, 2.75) is 65.0 Å². The monoisotopic (exact) mass is 293 g/mol. The second kappa shape index (κ2) is 6.78. The molecule has 1 aromatic carbocycles. The van der Waals surface area contributed by atoms with Crippen LogP contribution in [0.25, 0.3) is 0 Å². The van der Waals surface area contributed by atoms with E-state index in [1.54, 1.807) is 13.8 Å². The summed E-state index contributed by atoms with van der Waals surface area (Å²) < 4.78 is 13.8. The van der Waals surface area contributed by atoms with Crippen molar-refractivity contribution in [2.24, 2.45) is 5.92 Å². The highest BCUT2D eigenvalue weighted by Crippen LogP contribution is 2.35. The maximum absolute atomic E-state index is 13.8. The van der Waals surface area contributed by atoms with E-state index in [-0.39, 0.29) is 5.82 Å². The smallest absolute Gasteiger partial charge is 0.126 e. The van der Waals surface area contributed by atoms with Gasteiger partial charge in [0.2, 0.25) is 0 Å². The van der Waals surface area contributed by atoms with Crippen molar-refractivity contribution in [2.75, 3.05) is 11.9 Å². The Morgan fingerprint density at radius 3 is 2.43 bits per heavy atom. The predicted octanol–water partition coefficient (Wildman–Crippen LogP) is 4.59. The molecule has 0 amide bonds. The fraction of sp³-hybridized carbons (Fsp3) is 0.667. The van der Waals surface area contributed by atoms with Crippen LogP contribution in [-0.4, -0.2) is 18.2 Å². The molecule has 2 nitrogen and oxygen atoms in total. The zero-order valence-corrected chi connectivity index (χ0v) is 13.7. The number of hydrogen-bond donors (Lipinski definition) is 1. The lowest BCUT2D eigenvalue weighted by atomic mass is 9.83. The van der Waals surface area contributed by atoms with Crippen LogP contribution in [0.4, 0.5) is 10.1 Å². The molecule has 1 unspecified atom stereocenters. The molecule has 0 aliphatic heterocycles. The van der Waals surface area contributed by atoms with Crippen LogP contribution in [0.5, 0.6) is 0 Å². The summed E-state index contributed by atoms with van der Waals surface area (Å²) in [6.45, 7) is 5.76. The van der Waals surface area contributed by atoms with Crippen LogP contribution in [0.15, 0.2) is 12.1 Å². The summed E-state index contributed by atoms with van der Waals surface area (Å²) in [5, 5.41) is 9.95. The SMILES string of the molecule is CCC1CCC(N(C)c2cc(C)c(F)cc2C(C)O)CC1. The van der Waals surface area contributed by atoms with E-state index in [2.05, 4.69) is 18.9 Å². The van der Waals surface area contributed by atoms with Crippen LogP contribution in [0, 0.1) is 18.7 Å². The number of aryl methyl sites for hydroxylation is 1.